The monoisotopic (exact) mass is 796 g/mol. The number of ether oxygens (including phenoxy) is 5. The molecule has 0 amide bonds. The Morgan fingerprint density at radius 1 is 0.930 bits per heavy atom. The summed E-state index contributed by atoms with van der Waals surface area (Å²) >= 11 is 0. The number of carbonyl (C=O) groups is 6. The molecule has 1 heterocycles. The third kappa shape index (κ3) is 4.96. The smallest absolute Gasteiger partial charge is 0.337 e. The van der Waals surface area contributed by atoms with E-state index in [4.69, 9.17) is 23.8 Å². The van der Waals surface area contributed by atoms with Crippen molar-refractivity contribution in [2.75, 3.05) is 34.0 Å². The summed E-state index contributed by atoms with van der Waals surface area (Å²) in [4.78, 5) is 83.9. The maximum absolute atomic E-state index is 14.5. The number of rotatable bonds is 11. The Kier molecular flexibility index (Phi) is 8.95. The van der Waals surface area contributed by atoms with Crippen molar-refractivity contribution in [3.63, 3.8) is 0 Å². The fraction of sp³-hybridized carbons (Fsp3) is 0.659. The number of aliphatic hydroxyl groups is 3. The third-order valence-electron chi connectivity index (χ3n) is 15.3. The number of fused-ring (bicyclic) bond motifs is 7. The maximum Gasteiger partial charge on any atom is 0.337 e. The maximum atomic E-state index is 14.5. The Morgan fingerprint density at radius 3 is 2.26 bits per heavy atom. The molecule has 0 aromatic rings. The van der Waals surface area contributed by atoms with Gasteiger partial charge >= 0.3 is 29.8 Å². The molecule has 0 aromatic heterocycles. The van der Waals surface area contributed by atoms with Crippen LogP contribution in [-0.4, -0.2) is 113 Å². The van der Waals surface area contributed by atoms with Crippen LogP contribution in [-0.2, 0) is 57.3 Å². The molecule has 5 fully saturated rings. The van der Waals surface area contributed by atoms with Crippen molar-refractivity contribution in [1.29, 1.82) is 0 Å². The van der Waals surface area contributed by atoms with Crippen molar-refractivity contribution in [3.8, 4) is 0 Å². The van der Waals surface area contributed by atoms with E-state index in [9.17, 15) is 49.3 Å². The fourth-order valence-corrected chi connectivity index (χ4v) is 12.7. The molecule has 5 saturated carbocycles. The molecule has 8 aliphatic rings. The van der Waals surface area contributed by atoms with Crippen LogP contribution >= 0.6 is 0 Å². The molecule has 308 valence electrons. The number of carbonyl (C=O) groups excluding carboxylic acids is 6. The van der Waals surface area contributed by atoms with Gasteiger partial charge in [0.2, 0.25) is 0 Å². The molecule has 1 spiro atoms. The van der Waals surface area contributed by atoms with E-state index in [1.807, 2.05) is 6.92 Å². The summed E-state index contributed by atoms with van der Waals surface area (Å²) in [6.07, 6.45) is 0.280. The first kappa shape index (κ1) is 39.6. The average Bonchev–Trinajstić information content (AvgIpc) is 4.11. The molecule has 8 rings (SSSR count). The van der Waals surface area contributed by atoms with Gasteiger partial charge in [-0.15, -0.1) is 0 Å². The molecule has 57 heavy (non-hydrogen) atoms. The summed E-state index contributed by atoms with van der Waals surface area (Å²) in [5.41, 5.74) is -6.18. The van der Waals surface area contributed by atoms with Crippen LogP contribution in [0.5, 0.6) is 0 Å². The van der Waals surface area contributed by atoms with Crippen LogP contribution in [0.4, 0.5) is 0 Å². The summed E-state index contributed by atoms with van der Waals surface area (Å²) in [5.74, 6) is -7.13. The van der Waals surface area contributed by atoms with Crippen molar-refractivity contribution >= 4 is 35.6 Å². The van der Waals surface area contributed by atoms with Crippen molar-refractivity contribution in [2.24, 2.45) is 46.3 Å². The molecule has 4 N–H and O–H groups in total. The van der Waals surface area contributed by atoms with Gasteiger partial charge in [-0.25, -0.2) is 19.3 Å². The van der Waals surface area contributed by atoms with Gasteiger partial charge in [-0.3, -0.25) is 19.6 Å². The first-order valence-electron chi connectivity index (χ1n) is 19.3. The normalized spacial score (nSPS) is 42.5. The van der Waals surface area contributed by atoms with E-state index in [1.54, 1.807) is 13.8 Å². The fourth-order valence-electron chi connectivity index (χ4n) is 12.7. The molecule has 0 bridgehead atoms. The molecule has 16 nitrogen and oxygen atoms in total. The topological polar surface area (TPSA) is 239 Å². The standard InChI is InChI=1S/C41H48O16/c1-17(15-54-28(44)8-7-27(43)52-5)9-29(45)55-16-39(50)23-10-21(23)37(3)25(39)12-20-19(14-42)36(49)56-41(20)26(37)13-40(57-51)24-11-22(24)38(4)33(40)31(41)30(32(46)34(38)47)18(2)35(48)53-6/h9,21-26,34,42,47,50-51H,7-8,10-16H2,1-6H3/b17-9+,30-18-/t21-,22-,23+,24+,25-,26+,34+,37+,38+,39+,40+,41+/m1/s1. The van der Waals surface area contributed by atoms with E-state index < -0.39 is 94.4 Å². The molecule has 7 aliphatic carbocycles. The lowest BCUT2D eigenvalue weighted by Crippen LogP contribution is -2.67. The van der Waals surface area contributed by atoms with Gasteiger partial charge in [0.15, 0.2) is 11.4 Å². The zero-order valence-electron chi connectivity index (χ0n) is 32.7. The first-order chi connectivity index (χ1) is 26.9. The van der Waals surface area contributed by atoms with Crippen LogP contribution in [0, 0.1) is 46.3 Å². The highest BCUT2D eigenvalue weighted by Gasteiger charge is 2.86. The lowest BCUT2D eigenvalue weighted by atomic mass is 9.43. The Hall–Kier alpha value is -4.22. The second-order valence-corrected chi connectivity index (χ2v) is 17.6. The van der Waals surface area contributed by atoms with Crippen molar-refractivity contribution in [2.45, 2.75) is 89.1 Å². The van der Waals surface area contributed by atoms with Crippen LogP contribution in [0.3, 0.4) is 0 Å². The summed E-state index contributed by atoms with van der Waals surface area (Å²) in [7, 11) is 2.36. The molecular formula is C41H48O16. The van der Waals surface area contributed by atoms with E-state index in [0.29, 0.717) is 29.6 Å². The van der Waals surface area contributed by atoms with E-state index in [-0.39, 0.29) is 78.3 Å². The minimum Gasteiger partial charge on any atom is -0.469 e. The Bertz CT molecular complexity index is 2040. The summed E-state index contributed by atoms with van der Waals surface area (Å²) < 4.78 is 26.9. The van der Waals surface area contributed by atoms with Gasteiger partial charge in [-0.05, 0) is 85.3 Å². The number of aliphatic hydroxyl groups excluding tert-OH is 2. The quantitative estimate of drug-likeness (QED) is 0.0764. The van der Waals surface area contributed by atoms with Crippen molar-refractivity contribution in [3.05, 3.63) is 45.1 Å². The number of ketones is 1. The second-order valence-electron chi connectivity index (χ2n) is 17.6. The molecule has 12 atom stereocenters. The lowest BCUT2D eigenvalue weighted by molar-refractivity contribution is -0.330. The lowest BCUT2D eigenvalue weighted by Gasteiger charge is -2.63. The van der Waals surface area contributed by atoms with Crippen molar-refractivity contribution < 1.29 is 77.9 Å². The highest BCUT2D eigenvalue weighted by atomic mass is 17.1. The van der Waals surface area contributed by atoms with E-state index in [1.165, 1.54) is 14.0 Å². The van der Waals surface area contributed by atoms with E-state index >= 15 is 0 Å². The van der Waals surface area contributed by atoms with Crippen LogP contribution in [0.15, 0.2) is 45.1 Å². The SMILES string of the molecule is COC(=O)CCC(=O)OC/C(C)=C/C(=O)OC[C@]1(O)[C@H]2C[C@H]2[C@]2(C)[C@@H]3C[C@@]4(OO)C5=C(/C(=C(\C)C(=O)OC)C(=O)[C@H](O)[C@@]5(C)[C@@H]5C[C@@H]54)[C@@]34OC(=O)C(CO)=C4C[C@@H]12. The zero-order chi connectivity index (χ0) is 41.4. The van der Waals surface area contributed by atoms with Gasteiger partial charge < -0.3 is 39.0 Å². The summed E-state index contributed by atoms with van der Waals surface area (Å²) in [6, 6.07) is 0. The number of Topliss-reactive ketones (excluding diaryl/α,β-unsaturated/α-hetero) is 1. The molecule has 1 aliphatic heterocycles. The highest BCUT2D eigenvalue weighted by molar-refractivity contribution is 6.12. The van der Waals surface area contributed by atoms with Gasteiger partial charge in [-0.2, -0.15) is 0 Å². The van der Waals surface area contributed by atoms with Gasteiger partial charge in [-0.1, -0.05) is 13.8 Å². The summed E-state index contributed by atoms with van der Waals surface area (Å²) in [6.45, 7) is 5.26. The molecule has 0 unspecified atom stereocenters. The predicted octanol–water partition coefficient (Wildman–Crippen LogP) is 1.60. The number of hydrogen-bond acceptors (Lipinski definition) is 16. The molecule has 0 aromatic carbocycles. The Morgan fingerprint density at radius 2 is 1.61 bits per heavy atom. The third-order valence-corrected chi connectivity index (χ3v) is 15.3. The Balaban J connectivity index is 1.19. The highest BCUT2D eigenvalue weighted by Crippen LogP contribution is 2.84. The number of esters is 5. The predicted molar refractivity (Wildman–Crippen MR) is 190 cm³/mol. The van der Waals surface area contributed by atoms with Gasteiger partial charge in [0.25, 0.3) is 0 Å². The van der Waals surface area contributed by atoms with Gasteiger partial charge in [0, 0.05) is 40.0 Å². The van der Waals surface area contributed by atoms with Crippen molar-refractivity contribution in [1.82, 2.24) is 0 Å². The van der Waals surface area contributed by atoms with Gasteiger partial charge in [0.1, 0.15) is 30.5 Å². The molecular weight excluding hydrogens is 748 g/mol. The van der Waals surface area contributed by atoms with Crippen LogP contribution in [0.2, 0.25) is 0 Å². The van der Waals surface area contributed by atoms with Gasteiger partial charge in [0.05, 0.1) is 39.2 Å². The first-order valence-corrected chi connectivity index (χ1v) is 19.3. The summed E-state index contributed by atoms with van der Waals surface area (Å²) in [5, 5.41) is 46.3. The molecule has 0 radical (unpaired) electrons. The minimum atomic E-state index is -1.75. The largest absolute Gasteiger partial charge is 0.469 e. The number of hydrogen-bond donors (Lipinski definition) is 4. The van der Waals surface area contributed by atoms with E-state index in [2.05, 4.69) is 4.74 Å². The molecule has 0 saturated heterocycles. The Labute approximate surface area is 327 Å². The van der Waals surface area contributed by atoms with Crippen LogP contribution in [0.1, 0.15) is 66.2 Å². The minimum absolute atomic E-state index is 0.0132. The van der Waals surface area contributed by atoms with Crippen LogP contribution < -0.4 is 0 Å². The number of methoxy groups -OCH3 is 2. The van der Waals surface area contributed by atoms with E-state index in [0.717, 1.165) is 13.2 Å². The van der Waals surface area contributed by atoms with Crippen LogP contribution in [0.25, 0.3) is 0 Å². The second kappa shape index (κ2) is 12.9. The average molecular weight is 797 g/mol. The zero-order valence-corrected chi connectivity index (χ0v) is 32.7. The molecule has 16 heteroatoms.